The summed E-state index contributed by atoms with van der Waals surface area (Å²) < 4.78 is 16.9. The minimum absolute atomic E-state index is 0.0780. The first-order valence-electron chi connectivity index (χ1n) is 35.2. The first kappa shape index (κ1) is 78.3. The number of rotatable bonds is 64. The third-order valence-corrected chi connectivity index (χ3v) is 15.3. The molecule has 0 heterocycles. The second kappa shape index (κ2) is 69.8. The number of carbonyl (C=O) groups excluding carboxylic acids is 3. The van der Waals surface area contributed by atoms with Gasteiger partial charge in [-0.15, -0.1) is 0 Å². The summed E-state index contributed by atoms with van der Waals surface area (Å²) in [5, 5.41) is 0. The van der Waals surface area contributed by atoms with Crippen LogP contribution in [0.4, 0.5) is 0 Å². The summed E-state index contributed by atoms with van der Waals surface area (Å²) >= 11 is 0. The molecule has 0 fully saturated rings. The Balaban J connectivity index is 4.13. The van der Waals surface area contributed by atoms with Crippen molar-refractivity contribution in [2.75, 3.05) is 13.2 Å². The van der Waals surface area contributed by atoms with Gasteiger partial charge in [0.2, 0.25) is 0 Å². The molecular weight excluding hydrogens is 1010 g/mol. The van der Waals surface area contributed by atoms with Crippen LogP contribution in [0, 0.1) is 0 Å². The lowest BCUT2D eigenvalue weighted by Crippen LogP contribution is -2.30. The highest BCUT2D eigenvalue weighted by molar-refractivity contribution is 5.71. The first-order valence-corrected chi connectivity index (χ1v) is 35.2. The lowest BCUT2D eigenvalue weighted by molar-refractivity contribution is -0.167. The molecule has 0 spiro atoms. The number of hydrogen-bond donors (Lipinski definition) is 0. The van der Waals surface area contributed by atoms with E-state index in [1.807, 2.05) is 0 Å². The zero-order valence-corrected chi connectivity index (χ0v) is 54.2. The highest BCUT2D eigenvalue weighted by Crippen LogP contribution is 2.17. The maximum absolute atomic E-state index is 12.9. The molecule has 0 aromatic heterocycles. The Bertz CT molecular complexity index is 1590. The number of carbonyl (C=O) groups is 3. The molecule has 0 N–H and O–H groups in total. The number of allylic oxidation sites excluding steroid dienone is 16. The summed E-state index contributed by atoms with van der Waals surface area (Å²) in [7, 11) is 0. The van der Waals surface area contributed by atoms with Gasteiger partial charge in [-0.3, -0.25) is 14.4 Å². The van der Waals surface area contributed by atoms with E-state index in [-0.39, 0.29) is 31.1 Å². The molecule has 0 bridgehead atoms. The Morgan fingerprint density at radius 3 is 0.793 bits per heavy atom. The van der Waals surface area contributed by atoms with Crippen molar-refractivity contribution in [2.45, 2.75) is 354 Å². The van der Waals surface area contributed by atoms with E-state index < -0.39 is 6.10 Å². The Kier molecular flexibility index (Phi) is 66.7. The number of unbranched alkanes of at least 4 members (excludes halogenated alkanes) is 37. The normalized spacial score (nSPS) is 12.7. The third-order valence-electron chi connectivity index (χ3n) is 15.3. The van der Waals surface area contributed by atoms with E-state index in [9.17, 15) is 14.4 Å². The van der Waals surface area contributed by atoms with Crippen LogP contribution in [0.1, 0.15) is 348 Å². The summed E-state index contributed by atoms with van der Waals surface area (Å²) in [4.78, 5) is 38.3. The molecule has 1 atom stereocenters. The van der Waals surface area contributed by atoms with E-state index >= 15 is 0 Å². The van der Waals surface area contributed by atoms with Crippen molar-refractivity contribution in [3.8, 4) is 0 Å². The Morgan fingerprint density at radius 1 is 0.256 bits per heavy atom. The van der Waals surface area contributed by atoms with Crippen molar-refractivity contribution in [3.63, 3.8) is 0 Å². The zero-order valence-electron chi connectivity index (χ0n) is 54.2. The molecule has 1 unspecified atom stereocenters. The van der Waals surface area contributed by atoms with Crippen LogP contribution in [0.3, 0.4) is 0 Å². The predicted molar refractivity (Wildman–Crippen MR) is 357 cm³/mol. The fourth-order valence-corrected chi connectivity index (χ4v) is 10.0. The van der Waals surface area contributed by atoms with Crippen LogP contribution >= 0.6 is 0 Å². The molecule has 0 amide bonds. The highest BCUT2D eigenvalue weighted by atomic mass is 16.6. The van der Waals surface area contributed by atoms with Crippen molar-refractivity contribution >= 4 is 17.9 Å². The van der Waals surface area contributed by atoms with E-state index in [2.05, 4.69) is 118 Å². The standard InChI is InChI=1S/C76H132O6/c1-4-7-10-13-16-19-22-24-26-28-30-31-32-33-34-35-36-37-38-39-40-41-42-43-44-45-46-48-49-51-54-57-60-63-66-69-75(78)81-72-73(71-80-74(77)68-65-62-59-56-53-21-18-15-12-9-6-3)82-76(79)70-67-64-61-58-55-52-50-47-29-27-25-23-20-17-14-11-8-5-2/h7,10,15-16,18-19,24,26-27,29-31,33-34,36-37,73H,4-6,8-9,11-14,17,20-23,25,28,32,35,38-72H2,1-3H3/b10-7-,18-15-,19-16-,26-24-,29-27-,31-30-,34-33-,37-36-. The smallest absolute Gasteiger partial charge is 0.306 e. The molecule has 0 aromatic carbocycles. The summed E-state index contributed by atoms with van der Waals surface area (Å²) in [6.45, 7) is 6.51. The second-order valence-corrected chi connectivity index (χ2v) is 23.4. The third kappa shape index (κ3) is 67.1. The molecule has 0 saturated carbocycles. The SMILES string of the molecule is CC/C=C\C/C=C\C/C=C\C/C=C\C/C=C\C/C=C\CCCCCCCCCCCCCCCCCCC(=O)OCC(COC(=O)CCCCCCC/C=C\CCCC)OC(=O)CCCCCCCCC/C=C\CCCCCCCCC. The van der Waals surface area contributed by atoms with Crippen molar-refractivity contribution in [1.82, 2.24) is 0 Å². The van der Waals surface area contributed by atoms with Gasteiger partial charge in [0.25, 0.3) is 0 Å². The topological polar surface area (TPSA) is 78.9 Å². The molecule has 472 valence electrons. The molecule has 0 radical (unpaired) electrons. The predicted octanol–water partition coefficient (Wildman–Crippen LogP) is 24.4. The summed E-state index contributed by atoms with van der Waals surface area (Å²) in [5.41, 5.74) is 0. The molecule has 6 nitrogen and oxygen atoms in total. The molecule has 0 rings (SSSR count). The van der Waals surface area contributed by atoms with Gasteiger partial charge in [0.1, 0.15) is 13.2 Å². The number of ether oxygens (including phenoxy) is 3. The Labute approximate surface area is 508 Å². The molecule has 6 heteroatoms. The van der Waals surface area contributed by atoms with Gasteiger partial charge in [0.15, 0.2) is 6.10 Å². The second-order valence-electron chi connectivity index (χ2n) is 23.4. The van der Waals surface area contributed by atoms with Crippen LogP contribution in [-0.4, -0.2) is 37.2 Å². The van der Waals surface area contributed by atoms with Crippen molar-refractivity contribution in [3.05, 3.63) is 97.2 Å². The summed E-state index contributed by atoms with van der Waals surface area (Å²) in [5.74, 6) is -0.877. The van der Waals surface area contributed by atoms with Crippen LogP contribution in [0.25, 0.3) is 0 Å². The Morgan fingerprint density at radius 2 is 0.488 bits per heavy atom. The summed E-state index contributed by atoms with van der Waals surface area (Å²) in [6.07, 6.45) is 94.5. The van der Waals surface area contributed by atoms with Gasteiger partial charge in [-0.25, -0.2) is 0 Å². The zero-order chi connectivity index (χ0) is 59.2. The van der Waals surface area contributed by atoms with Crippen molar-refractivity contribution < 1.29 is 28.6 Å². The average Bonchev–Trinajstić information content (AvgIpc) is 3.47. The minimum Gasteiger partial charge on any atom is -0.462 e. The first-order chi connectivity index (χ1) is 40.5. The van der Waals surface area contributed by atoms with E-state index in [0.717, 1.165) is 103 Å². The van der Waals surface area contributed by atoms with Crippen LogP contribution in [0.5, 0.6) is 0 Å². The van der Waals surface area contributed by atoms with Gasteiger partial charge in [-0.05, 0) is 116 Å². The largest absolute Gasteiger partial charge is 0.462 e. The van der Waals surface area contributed by atoms with Gasteiger partial charge in [0, 0.05) is 19.3 Å². The van der Waals surface area contributed by atoms with Crippen molar-refractivity contribution in [1.29, 1.82) is 0 Å². The van der Waals surface area contributed by atoms with Gasteiger partial charge in [-0.1, -0.05) is 311 Å². The molecule has 82 heavy (non-hydrogen) atoms. The van der Waals surface area contributed by atoms with Gasteiger partial charge < -0.3 is 14.2 Å². The molecule has 0 aliphatic carbocycles. The van der Waals surface area contributed by atoms with Crippen LogP contribution < -0.4 is 0 Å². The number of hydrogen-bond acceptors (Lipinski definition) is 6. The van der Waals surface area contributed by atoms with Crippen LogP contribution in [-0.2, 0) is 28.6 Å². The fourth-order valence-electron chi connectivity index (χ4n) is 10.0. The van der Waals surface area contributed by atoms with Crippen LogP contribution in [0.2, 0.25) is 0 Å². The van der Waals surface area contributed by atoms with Crippen molar-refractivity contribution in [2.24, 2.45) is 0 Å². The van der Waals surface area contributed by atoms with E-state index in [1.54, 1.807) is 0 Å². The molecule has 0 aliphatic rings. The maximum atomic E-state index is 12.9. The monoisotopic (exact) mass is 1140 g/mol. The van der Waals surface area contributed by atoms with E-state index in [4.69, 9.17) is 14.2 Å². The lowest BCUT2D eigenvalue weighted by Gasteiger charge is -2.18. The van der Waals surface area contributed by atoms with Gasteiger partial charge in [0.05, 0.1) is 0 Å². The van der Waals surface area contributed by atoms with Crippen LogP contribution in [0.15, 0.2) is 97.2 Å². The lowest BCUT2D eigenvalue weighted by atomic mass is 10.0. The molecule has 0 aliphatic heterocycles. The highest BCUT2D eigenvalue weighted by Gasteiger charge is 2.19. The van der Waals surface area contributed by atoms with E-state index in [0.29, 0.717) is 19.3 Å². The Hall–Kier alpha value is -3.67. The molecular formula is C76H132O6. The molecule has 0 aromatic rings. The van der Waals surface area contributed by atoms with E-state index in [1.165, 1.54) is 205 Å². The number of esters is 3. The average molecular weight is 1140 g/mol. The quantitative estimate of drug-likeness (QED) is 0.0261. The molecule has 0 saturated heterocycles. The maximum Gasteiger partial charge on any atom is 0.306 e. The fraction of sp³-hybridized carbons (Fsp3) is 0.750. The summed E-state index contributed by atoms with van der Waals surface area (Å²) in [6, 6.07) is 0. The minimum atomic E-state index is -0.782. The van der Waals surface area contributed by atoms with Gasteiger partial charge in [-0.2, -0.15) is 0 Å². The van der Waals surface area contributed by atoms with Gasteiger partial charge >= 0.3 is 17.9 Å².